The summed E-state index contributed by atoms with van der Waals surface area (Å²) in [6.07, 6.45) is 6.43. The number of hydrogen-bond donors (Lipinski definition) is 2. The smallest absolute Gasteiger partial charge is 0.309 e. The van der Waals surface area contributed by atoms with Crippen LogP contribution in [0.3, 0.4) is 0 Å². The normalized spacial score (nSPS) is 36.5. The molecule has 0 bridgehead atoms. The lowest BCUT2D eigenvalue weighted by Crippen LogP contribution is -2.58. The molecule has 2 rings (SSSR count). The van der Waals surface area contributed by atoms with E-state index in [1.807, 2.05) is 20.8 Å². The highest BCUT2D eigenvalue weighted by molar-refractivity contribution is 5.71. The standard InChI is InChI=1S/C16H28O4/c1-15(2)12(14(18)19)9-10-16(3,20-15)13(17)11-7-5-4-6-8-11/h11-13,17H,4-10H2,1-3H3,(H,18,19)/t12-,13-,16-/m1/s1. The van der Waals surface area contributed by atoms with Crippen molar-refractivity contribution < 1.29 is 19.7 Å². The van der Waals surface area contributed by atoms with E-state index in [4.69, 9.17) is 4.74 Å². The molecule has 1 aliphatic carbocycles. The summed E-state index contributed by atoms with van der Waals surface area (Å²) in [6.45, 7) is 5.61. The first-order valence-electron chi connectivity index (χ1n) is 7.87. The molecule has 0 aromatic carbocycles. The third-order valence-corrected chi connectivity index (χ3v) is 5.28. The fourth-order valence-corrected chi connectivity index (χ4v) is 4.08. The van der Waals surface area contributed by atoms with Crippen molar-refractivity contribution >= 4 is 5.97 Å². The Bertz CT molecular complexity index is 359. The zero-order chi connectivity index (χ0) is 15.0. The summed E-state index contributed by atoms with van der Waals surface area (Å²) in [5.74, 6) is -0.996. The number of rotatable bonds is 3. The van der Waals surface area contributed by atoms with Crippen LogP contribution in [0.25, 0.3) is 0 Å². The molecule has 20 heavy (non-hydrogen) atoms. The van der Waals surface area contributed by atoms with E-state index >= 15 is 0 Å². The van der Waals surface area contributed by atoms with Gasteiger partial charge >= 0.3 is 5.97 Å². The van der Waals surface area contributed by atoms with Crippen molar-refractivity contribution in [2.75, 3.05) is 0 Å². The lowest BCUT2D eigenvalue weighted by atomic mass is 9.72. The first-order valence-corrected chi connectivity index (χ1v) is 7.87. The average Bonchev–Trinajstić information content (AvgIpc) is 2.37. The number of aliphatic hydroxyl groups is 1. The predicted octanol–water partition coefficient (Wildman–Crippen LogP) is 2.98. The van der Waals surface area contributed by atoms with Crippen LogP contribution in [0.2, 0.25) is 0 Å². The van der Waals surface area contributed by atoms with Crippen LogP contribution < -0.4 is 0 Å². The van der Waals surface area contributed by atoms with Crippen molar-refractivity contribution in [3.8, 4) is 0 Å². The number of carbonyl (C=O) groups is 1. The van der Waals surface area contributed by atoms with Gasteiger partial charge in [0.15, 0.2) is 0 Å². The van der Waals surface area contributed by atoms with Crippen molar-refractivity contribution in [2.45, 2.75) is 83.0 Å². The van der Waals surface area contributed by atoms with Crippen LogP contribution in [-0.2, 0) is 9.53 Å². The molecule has 0 spiro atoms. The van der Waals surface area contributed by atoms with Gasteiger partial charge in [-0.05, 0) is 52.4 Å². The summed E-state index contributed by atoms with van der Waals surface area (Å²) in [5, 5.41) is 20.0. The van der Waals surface area contributed by atoms with Gasteiger partial charge in [0.05, 0.1) is 23.2 Å². The molecule has 0 unspecified atom stereocenters. The van der Waals surface area contributed by atoms with E-state index < -0.39 is 29.2 Å². The SMILES string of the molecule is CC1(C)O[C@@](C)([C@H](O)C2CCCCC2)CC[C@@H]1C(=O)O. The molecule has 4 heteroatoms. The molecule has 1 heterocycles. The first-order chi connectivity index (χ1) is 9.26. The van der Waals surface area contributed by atoms with Gasteiger partial charge in [0.2, 0.25) is 0 Å². The maximum Gasteiger partial charge on any atom is 0.309 e. The lowest BCUT2D eigenvalue weighted by Gasteiger charge is -2.50. The van der Waals surface area contributed by atoms with Gasteiger partial charge < -0.3 is 14.9 Å². The summed E-state index contributed by atoms with van der Waals surface area (Å²) in [6, 6.07) is 0. The van der Waals surface area contributed by atoms with E-state index in [1.54, 1.807) is 0 Å². The summed E-state index contributed by atoms with van der Waals surface area (Å²) in [7, 11) is 0. The molecular weight excluding hydrogens is 256 g/mol. The molecule has 3 atom stereocenters. The highest BCUT2D eigenvalue weighted by atomic mass is 16.5. The number of hydrogen-bond acceptors (Lipinski definition) is 3. The molecule has 0 aromatic rings. The Balaban J connectivity index is 2.09. The van der Waals surface area contributed by atoms with Crippen LogP contribution in [0, 0.1) is 11.8 Å². The minimum atomic E-state index is -0.802. The Morgan fingerprint density at radius 3 is 2.25 bits per heavy atom. The molecule has 1 aliphatic heterocycles. The van der Waals surface area contributed by atoms with Crippen LogP contribution in [0.4, 0.5) is 0 Å². The number of aliphatic carboxylic acids is 1. The molecule has 0 aromatic heterocycles. The van der Waals surface area contributed by atoms with Gasteiger partial charge in [0, 0.05) is 0 Å². The van der Waals surface area contributed by atoms with Gasteiger partial charge in [0.1, 0.15) is 0 Å². The lowest BCUT2D eigenvalue weighted by molar-refractivity contribution is -0.241. The zero-order valence-corrected chi connectivity index (χ0v) is 12.9. The van der Waals surface area contributed by atoms with E-state index in [1.165, 1.54) is 19.3 Å². The van der Waals surface area contributed by atoms with Crippen molar-refractivity contribution in [2.24, 2.45) is 11.8 Å². The molecular formula is C16H28O4. The highest BCUT2D eigenvalue weighted by Crippen LogP contribution is 2.44. The molecule has 4 nitrogen and oxygen atoms in total. The maximum atomic E-state index is 11.3. The molecule has 2 fully saturated rings. The van der Waals surface area contributed by atoms with E-state index in [-0.39, 0.29) is 0 Å². The highest BCUT2D eigenvalue weighted by Gasteiger charge is 2.51. The van der Waals surface area contributed by atoms with Crippen LogP contribution in [0.15, 0.2) is 0 Å². The van der Waals surface area contributed by atoms with Crippen LogP contribution in [-0.4, -0.2) is 33.5 Å². The Labute approximate surface area is 121 Å². The van der Waals surface area contributed by atoms with Crippen LogP contribution in [0.1, 0.15) is 65.7 Å². The maximum absolute atomic E-state index is 11.3. The van der Waals surface area contributed by atoms with E-state index in [2.05, 4.69) is 0 Å². The zero-order valence-electron chi connectivity index (χ0n) is 12.9. The third kappa shape index (κ3) is 3.01. The fraction of sp³-hybridized carbons (Fsp3) is 0.938. The van der Waals surface area contributed by atoms with Crippen molar-refractivity contribution in [1.29, 1.82) is 0 Å². The van der Waals surface area contributed by atoms with Crippen molar-refractivity contribution in [1.82, 2.24) is 0 Å². The van der Waals surface area contributed by atoms with Gasteiger partial charge in [-0.15, -0.1) is 0 Å². The topological polar surface area (TPSA) is 66.8 Å². The molecule has 2 N–H and O–H groups in total. The van der Waals surface area contributed by atoms with Gasteiger partial charge in [-0.2, -0.15) is 0 Å². The Morgan fingerprint density at radius 1 is 1.15 bits per heavy atom. The summed E-state index contributed by atoms with van der Waals surface area (Å²) >= 11 is 0. The Kier molecular flexibility index (Phi) is 4.45. The molecule has 116 valence electrons. The largest absolute Gasteiger partial charge is 0.481 e. The quantitative estimate of drug-likeness (QED) is 0.836. The minimum absolute atomic E-state index is 0.297. The molecule has 0 amide bonds. The molecule has 2 aliphatic rings. The third-order valence-electron chi connectivity index (χ3n) is 5.28. The molecule has 1 saturated carbocycles. The van der Waals surface area contributed by atoms with Crippen molar-refractivity contribution in [3.63, 3.8) is 0 Å². The second-order valence-corrected chi connectivity index (χ2v) is 7.29. The second-order valence-electron chi connectivity index (χ2n) is 7.29. The summed E-state index contributed by atoms with van der Waals surface area (Å²) < 4.78 is 6.12. The van der Waals surface area contributed by atoms with Gasteiger partial charge in [0.25, 0.3) is 0 Å². The van der Waals surface area contributed by atoms with Crippen LogP contribution >= 0.6 is 0 Å². The van der Waals surface area contributed by atoms with Crippen LogP contribution in [0.5, 0.6) is 0 Å². The molecule has 0 radical (unpaired) electrons. The van der Waals surface area contributed by atoms with E-state index in [0.717, 1.165) is 12.8 Å². The minimum Gasteiger partial charge on any atom is -0.481 e. The average molecular weight is 284 g/mol. The number of carboxylic acids is 1. The van der Waals surface area contributed by atoms with E-state index in [9.17, 15) is 15.0 Å². The monoisotopic (exact) mass is 284 g/mol. The number of carboxylic acid groups (broad SMARTS) is 1. The van der Waals surface area contributed by atoms with E-state index in [0.29, 0.717) is 18.8 Å². The summed E-state index contributed by atoms with van der Waals surface area (Å²) in [5.41, 5.74) is -1.34. The van der Waals surface area contributed by atoms with Gasteiger partial charge in [-0.1, -0.05) is 19.3 Å². The first kappa shape index (κ1) is 15.8. The van der Waals surface area contributed by atoms with Gasteiger partial charge in [-0.3, -0.25) is 4.79 Å². The second kappa shape index (κ2) is 5.64. The summed E-state index contributed by atoms with van der Waals surface area (Å²) in [4.78, 5) is 11.3. The number of aliphatic hydroxyl groups excluding tert-OH is 1. The van der Waals surface area contributed by atoms with Crippen molar-refractivity contribution in [3.05, 3.63) is 0 Å². The predicted molar refractivity (Wildman–Crippen MR) is 76.5 cm³/mol. The van der Waals surface area contributed by atoms with Gasteiger partial charge in [-0.25, -0.2) is 0 Å². The molecule has 1 saturated heterocycles. The number of ether oxygens (including phenoxy) is 1. The fourth-order valence-electron chi connectivity index (χ4n) is 4.08. The Hall–Kier alpha value is -0.610. The Morgan fingerprint density at radius 2 is 1.75 bits per heavy atom.